The van der Waals surface area contributed by atoms with E-state index in [1.54, 1.807) is 18.2 Å². The van der Waals surface area contributed by atoms with Crippen LogP contribution in [0.5, 0.6) is 0 Å². The van der Waals surface area contributed by atoms with Crippen LogP contribution in [0.3, 0.4) is 0 Å². The van der Waals surface area contributed by atoms with Gasteiger partial charge in [-0.05, 0) is 42.5 Å². The summed E-state index contributed by atoms with van der Waals surface area (Å²) in [5, 5.41) is 10.9. The Bertz CT molecular complexity index is 1050. The van der Waals surface area contributed by atoms with Crippen LogP contribution in [-0.4, -0.2) is 10.1 Å². The molecule has 4 rings (SSSR count). The van der Waals surface area contributed by atoms with Crippen LogP contribution in [0.15, 0.2) is 51.7 Å². The van der Waals surface area contributed by atoms with Gasteiger partial charge in [0.15, 0.2) is 11.3 Å². The molecule has 0 aliphatic heterocycles. The molecule has 1 N–H and O–H groups in total. The molecule has 1 saturated carbocycles. The zero-order valence-electron chi connectivity index (χ0n) is 14.8. The van der Waals surface area contributed by atoms with Gasteiger partial charge in [-0.25, -0.2) is 9.78 Å². The number of aromatic nitrogens is 1. The fourth-order valence-electron chi connectivity index (χ4n) is 3.66. The predicted molar refractivity (Wildman–Crippen MR) is 108 cm³/mol. The molecule has 0 atom stereocenters. The predicted octanol–water partition coefficient (Wildman–Crippen LogP) is 5.95. The van der Waals surface area contributed by atoms with E-state index >= 15 is 0 Å². The van der Waals surface area contributed by atoms with E-state index in [9.17, 15) is 9.90 Å². The average Bonchev–Trinajstić information content (AvgIpc) is 2.69. The summed E-state index contributed by atoms with van der Waals surface area (Å²) in [6.45, 7) is 0. The van der Waals surface area contributed by atoms with Gasteiger partial charge in [-0.1, -0.05) is 55.1 Å². The summed E-state index contributed by atoms with van der Waals surface area (Å²) in [7, 11) is 0. The summed E-state index contributed by atoms with van der Waals surface area (Å²) in [4.78, 5) is 16.4. The Morgan fingerprint density at radius 3 is 2.59 bits per heavy atom. The number of benzene rings is 2. The van der Waals surface area contributed by atoms with Gasteiger partial charge in [0, 0.05) is 16.7 Å². The molecular weight excluding hydrogens is 362 g/mol. The smallest absolute Gasteiger partial charge is 0.362 e. The number of nitrogens with zero attached hydrogens (tertiary/aromatic N) is 1. The third-order valence-electron chi connectivity index (χ3n) is 5.13. The fraction of sp³-hybridized carbons (Fsp3) is 0.273. The minimum absolute atomic E-state index is 0.0219. The molecule has 4 nitrogen and oxygen atoms in total. The summed E-state index contributed by atoms with van der Waals surface area (Å²) < 4.78 is 5.25. The van der Waals surface area contributed by atoms with Crippen molar-refractivity contribution in [3.8, 4) is 0 Å². The lowest BCUT2D eigenvalue weighted by atomic mass is 9.84. The van der Waals surface area contributed by atoms with Gasteiger partial charge < -0.3 is 9.52 Å². The molecule has 1 heterocycles. The zero-order valence-corrected chi connectivity index (χ0v) is 15.6. The first-order valence-electron chi connectivity index (χ1n) is 9.21. The molecule has 1 aromatic heterocycles. The standard InChI is InChI=1S/C22H20ClNO3/c23-17-10-11-21-18(12-17)24-19(22(26)27-21)13-20(25)16-8-6-15(7-9-16)14-4-2-1-3-5-14/h6-14,25H,1-5H2. The Labute approximate surface area is 162 Å². The summed E-state index contributed by atoms with van der Waals surface area (Å²) in [5.74, 6) is 0.587. The van der Waals surface area contributed by atoms with Gasteiger partial charge in [-0.3, -0.25) is 0 Å². The highest BCUT2D eigenvalue weighted by molar-refractivity contribution is 6.31. The lowest BCUT2D eigenvalue weighted by Crippen LogP contribution is -2.06. The highest BCUT2D eigenvalue weighted by Gasteiger charge is 2.15. The van der Waals surface area contributed by atoms with Crippen molar-refractivity contribution < 1.29 is 9.52 Å². The van der Waals surface area contributed by atoms with E-state index in [0.717, 1.165) is 0 Å². The van der Waals surface area contributed by atoms with Gasteiger partial charge in [0.05, 0.1) is 0 Å². The van der Waals surface area contributed by atoms with E-state index in [4.69, 9.17) is 16.0 Å². The molecule has 3 aromatic rings. The van der Waals surface area contributed by atoms with Gasteiger partial charge in [0.1, 0.15) is 11.3 Å². The number of aliphatic hydroxyl groups is 1. The Kier molecular flexibility index (Phi) is 4.99. The highest BCUT2D eigenvalue weighted by Crippen LogP contribution is 2.33. The van der Waals surface area contributed by atoms with Crippen LogP contribution in [-0.2, 0) is 0 Å². The van der Waals surface area contributed by atoms with Crippen LogP contribution in [0, 0.1) is 0 Å². The minimum atomic E-state index is -0.602. The van der Waals surface area contributed by atoms with Crippen molar-refractivity contribution >= 4 is 34.5 Å². The second-order valence-electron chi connectivity index (χ2n) is 6.99. The first-order valence-corrected chi connectivity index (χ1v) is 9.59. The fourth-order valence-corrected chi connectivity index (χ4v) is 3.82. The molecule has 5 heteroatoms. The molecule has 1 aliphatic rings. The highest BCUT2D eigenvalue weighted by atomic mass is 35.5. The van der Waals surface area contributed by atoms with Crippen LogP contribution in [0.4, 0.5) is 0 Å². The second kappa shape index (κ2) is 7.57. The van der Waals surface area contributed by atoms with Gasteiger partial charge in [-0.2, -0.15) is 0 Å². The molecule has 2 aromatic carbocycles. The SMILES string of the molecule is O=c1oc2ccc(Cl)cc2nc1C=C(O)c1ccc(C2CCCCC2)cc1. The monoisotopic (exact) mass is 381 g/mol. The van der Waals surface area contributed by atoms with Crippen molar-refractivity contribution in [2.45, 2.75) is 38.0 Å². The first-order chi connectivity index (χ1) is 13.1. The van der Waals surface area contributed by atoms with Gasteiger partial charge in [-0.15, -0.1) is 0 Å². The van der Waals surface area contributed by atoms with Crippen molar-refractivity contribution in [1.29, 1.82) is 0 Å². The maximum atomic E-state index is 12.1. The number of hydrogen-bond acceptors (Lipinski definition) is 4. The lowest BCUT2D eigenvalue weighted by Gasteiger charge is -2.22. The molecular formula is C22H20ClNO3. The van der Waals surface area contributed by atoms with E-state index in [2.05, 4.69) is 17.1 Å². The number of halogens is 1. The second-order valence-corrected chi connectivity index (χ2v) is 7.42. The Hall–Kier alpha value is -2.59. The van der Waals surface area contributed by atoms with Crippen LogP contribution < -0.4 is 5.63 Å². The van der Waals surface area contributed by atoms with E-state index in [1.165, 1.54) is 43.7 Å². The molecule has 0 bridgehead atoms. The van der Waals surface area contributed by atoms with Gasteiger partial charge >= 0.3 is 5.63 Å². The lowest BCUT2D eigenvalue weighted by molar-refractivity contribution is 0.443. The molecule has 0 saturated heterocycles. The Balaban J connectivity index is 1.62. The normalized spacial score (nSPS) is 16.0. The van der Waals surface area contributed by atoms with E-state index in [-0.39, 0.29) is 11.5 Å². The summed E-state index contributed by atoms with van der Waals surface area (Å²) >= 11 is 5.97. The first kappa shape index (κ1) is 17.8. The van der Waals surface area contributed by atoms with Crippen LogP contribution in [0.1, 0.15) is 54.8 Å². The third kappa shape index (κ3) is 3.91. The number of rotatable bonds is 3. The molecule has 0 amide bonds. The molecule has 0 radical (unpaired) electrons. The topological polar surface area (TPSA) is 63.3 Å². The molecule has 27 heavy (non-hydrogen) atoms. The molecule has 138 valence electrons. The van der Waals surface area contributed by atoms with Crippen molar-refractivity contribution in [2.75, 3.05) is 0 Å². The van der Waals surface area contributed by atoms with Crippen molar-refractivity contribution in [2.24, 2.45) is 0 Å². The number of fused-ring (bicyclic) bond motifs is 1. The Morgan fingerprint density at radius 2 is 1.85 bits per heavy atom. The van der Waals surface area contributed by atoms with Gasteiger partial charge in [0.25, 0.3) is 0 Å². The van der Waals surface area contributed by atoms with Crippen molar-refractivity contribution in [1.82, 2.24) is 4.98 Å². The Morgan fingerprint density at radius 1 is 1.11 bits per heavy atom. The van der Waals surface area contributed by atoms with Gasteiger partial charge in [0.2, 0.25) is 0 Å². The maximum Gasteiger partial charge on any atom is 0.362 e. The molecule has 1 fully saturated rings. The minimum Gasteiger partial charge on any atom is -0.507 e. The summed E-state index contributed by atoms with van der Waals surface area (Å²) in [5.41, 5.74) is 2.21. The molecule has 1 aliphatic carbocycles. The molecule has 0 unspecified atom stereocenters. The van der Waals surface area contributed by atoms with Crippen molar-refractivity contribution in [3.63, 3.8) is 0 Å². The maximum absolute atomic E-state index is 12.1. The number of aliphatic hydroxyl groups excluding tert-OH is 1. The zero-order chi connectivity index (χ0) is 18.8. The van der Waals surface area contributed by atoms with Crippen LogP contribution in [0.2, 0.25) is 5.02 Å². The van der Waals surface area contributed by atoms with Crippen LogP contribution in [0.25, 0.3) is 22.9 Å². The van der Waals surface area contributed by atoms with Crippen molar-refractivity contribution in [3.05, 3.63) is 74.7 Å². The summed E-state index contributed by atoms with van der Waals surface area (Å²) in [6, 6.07) is 12.7. The average molecular weight is 382 g/mol. The van der Waals surface area contributed by atoms with E-state index in [1.807, 2.05) is 12.1 Å². The largest absolute Gasteiger partial charge is 0.507 e. The number of hydrogen-bond donors (Lipinski definition) is 1. The third-order valence-corrected chi connectivity index (χ3v) is 5.37. The summed E-state index contributed by atoms with van der Waals surface area (Å²) in [6.07, 6.45) is 7.68. The van der Waals surface area contributed by atoms with Crippen LogP contribution >= 0.6 is 11.6 Å². The quantitative estimate of drug-likeness (QED) is 0.570. The molecule has 0 spiro atoms. The van der Waals surface area contributed by atoms with E-state index in [0.29, 0.717) is 27.6 Å². The van der Waals surface area contributed by atoms with E-state index < -0.39 is 5.63 Å².